The Balaban J connectivity index is 2.27. The van der Waals surface area contributed by atoms with Gasteiger partial charge in [-0.1, -0.05) is 13.8 Å². The minimum atomic E-state index is -0.334. The van der Waals surface area contributed by atoms with E-state index in [0.717, 1.165) is 17.4 Å². The Kier molecular flexibility index (Phi) is 4.75. The molecule has 0 aromatic carbocycles. The maximum atomic E-state index is 11.5. The lowest BCUT2D eigenvalue weighted by Gasteiger charge is -2.27. The number of amides is 1. The lowest BCUT2D eigenvalue weighted by Crippen LogP contribution is -2.47. The zero-order valence-corrected chi connectivity index (χ0v) is 9.77. The van der Waals surface area contributed by atoms with Gasteiger partial charge in [0.2, 0.25) is 5.91 Å². The first-order chi connectivity index (χ1) is 6.63. The number of hydrogen-bond acceptors (Lipinski definition) is 3. The van der Waals surface area contributed by atoms with E-state index in [-0.39, 0.29) is 11.9 Å². The molecule has 0 aromatic heterocycles. The standard InChI is InChI=1S/C10H20N2OS/c1-3-9(11)10(13)12-8-5-4-7(2)14-6-8/h7-9H,3-6,11H2,1-2H3,(H,12,13). The Morgan fingerprint density at radius 2 is 2.36 bits per heavy atom. The van der Waals surface area contributed by atoms with E-state index in [1.54, 1.807) is 0 Å². The highest BCUT2D eigenvalue weighted by Crippen LogP contribution is 2.24. The predicted molar refractivity (Wildman–Crippen MR) is 61.4 cm³/mol. The van der Waals surface area contributed by atoms with Crippen LogP contribution in [0.25, 0.3) is 0 Å². The summed E-state index contributed by atoms with van der Waals surface area (Å²) in [7, 11) is 0. The number of carbonyl (C=O) groups is 1. The highest BCUT2D eigenvalue weighted by Gasteiger charge is 2.21. The predicted octanol–water partition coefficient (Wildman–Crippen LogP) is 1.12. The third kappa shape index (κ3) is 3.50. The molecule has 1 aliphatic rings. The molecule has 0 spiro atoms. The van der Waals surface area contributed by atoms with Crippen molar-refractivity contribution in [2.45, 2.75) is 50.4 Å². The molecule has 3 atom stereocenters. The van der Waals surface area contributed by atoms with Crippen LogP contribution in [-0.4, -0.2) is 29.0 Å². The van der Waals surface area contributed by atoms with Gasteiger partial charge < -0.3 is 11.1 Å². The average Bonchev–Trinajstić information content (AvgIpc) is 2.20. The maximum absolute atomic E-state index is 11.5. The van der Waals surface area contributed by atoms with E-state index in [1.807, 2.05) is 18.7 Å². The fourth-order valence-corrected chi connectivity index (χ4v) is 2.60. The Bertz CT molecular complexity index is 191. The molecule has 1 amide bonds. The highest BCUT2D eigenvalue weighted by molar-refractivity contribution is 7.99. The minimum absolute atomic E-state index is 0.00709. The number of nitrogens with one attached hydrogen (secondary N) is 1. The summed E-state index contributed by atoms with van der Waals surface area (Å²) < 4.78 is 0. The van der Waals surface area contributed by atoms with E-state index in [4.69, 9.17) is 5.73 Å². The summed E-state index contributed by atoms with van der Waals surface area (Å²) in [5, 5.41) is 3.74. The van der Waals surface area contributed by atoms with Crippen LogP contribution in [0.5, 0.6) is 0 Å². The lowest BCUT2D eigenvalue weighted by molar-refractivity contribution is -0.123. The van der Waals surface area contributed by atoms with Gasteiger partial charge in [0.25, 0.3) is 0 Å². The summed E-state index contributed by atoms with van der Waals surface area (Å²) in [6.45, 7) is 4.17. The average molecular weight is 216 g/mol. The highest BCUT2D eigenvalue weighted by atomic mass is 32.2. The molecule has 1 rings (SSSR count). The third-order valence-corrected chi connectivity index (χ3v) is 4.03. The van der Waals surface area contributed by atoms with E-state index < -0.39 is 0 Å². The molecular weight excluding hydrogens is 196 g/mol. The zero-order valence-electron chi connectivity index (χ0n) is 8.95. The Labute approximate surface area is 90.2 Å². The molecule has 1 heterocycles. The van der Waals surface area contributed by atoms with Crippen molar-refractivity contribution in [3.05, 3.63) is 0 Å². The minimum Gasteiger partial charge on any atom is -0.351 e. The van der Waals surface area contributed by atoms with Crippen molar-refractivity contribution in [3.63, 3.8) is 0 Å². The summed E-state index contributed by atoms with van der Waals surface area (Å²) in [5.74, 6) is 1.04. The smallest absolute Gasteiger partial charge is 0.237 e. The molecule has 4 heteroatoms. The molecule has 0 bridgehead atoms. The van der Waals surface area contributed by atoms with Crippen LogP contribution in [0.15, 0.2) is 0 Å². The molecule has 0 radical (unpaired) electrons. The first-order valence-electron chi connectivity index (χ1n) is 5.31. The second-order valence-electron chi connectivity index (χ2n) is 3.94. The molecule has 3 unspecified atom stereocenters. The summed E-state index contributed by atoms with van der Waals surface area (Å²) in [4.78, 5) is 11.5. The van der Waals surface area contributed by atoms with Crippen molar-refractivity contribution < 1.29 is 4.79 Å². The van der Waals surface area contributed by atoms with Crippen LogP contribution < -0.4 is 11.1 Å². The van der Waals surface area contributed by atoms with E-state index in [1.165, 1.54) is 6.42 Å². The van der Waals surface area contributed by atoms with E-state index in [9.17, 15) is 4.79 Å². The van der Waals surface area contributed by atoms with Gasteiger partial charge in [-0.05, 0) is 19.3 Å². The monoisotopic (exact) mass is 216 g/mol. The largest absolute Gasteiger partial charge is 0.351 e. The van der Waals surface area contributed by atoms with E-state index in [2.05, 4.69) is 12.2 Å². The van der Waals surface area contributed by atoms with Crippen LogP contribution in [-0.2, 0) is 4.79 Å². The summed E-state index contributed by atoms with van der Waals surface area (Å²) in [6, 6.07) is 0.000602. The number of thioether (sulfide) groups is 1. The quantitative estimate of drug-likeness (QED) is 0.743. The van der Waals surface area contributed by atoms with Gasteiger partial charge >= 0.3 is 0 Å². The van der Waals surface area contributed by atoms with E-state index in [0.29, 0.717) is 12.5 Å². The van der Waals surface area contributed by atoms with Crippen LogP contribution in [0.2, 0.25) is 0 Å². The number of carbonyl (C=O) groups excluding carboxylic acids is 1. The molecule has 3 nitrogen and oxygen atoms in total. The van der Waals surface area contributed by atoms with Crippen molar-refractivity contribution >= 4 is 17.7 Å². The van der Waals surface area contributed by atoms with Crippen LogP contribution in [0.3, 0.4) is 0 Å². The van der Waals surface area contributed by atoms with Crippen LogP contribution in [0.4, 0.5) is 0 Å². The number of hydrogen-bond donors (Lipinski definition) is 2. The maximum Gasteiger partial charge on any atom is 0.237 e. The van der Waals surface area contributed by atoms with E-state index >= 15 is 0 Å². The van der Waals surface area contributed by atoms with Gasteiger partial charge in [-0.2, -0.15) is 11.8 Å². The zero-order chi connectivity index (χ0) is 10.6. The fraction of sp³-hybridized carbons (Fsp3) is 0.900. The molecule has 82 valence electrons. The van der Waals surface area contributed by atoms with Crippen LogP contribution in [0, 0.1) is 0 Å². The van der Waals surface area contributed by atoms with Gasteiger partial charge in [0, 0.05) is 17.0 Å². The summed E-state index contributed by atoms with van der Waals surface area (Å²) in [5.41, 5.74) is 5.64. The topological polar surface area (TPSA) is 55.1 Å². The SMILES string of the molecule is CCC(N)C(=O)NC1CCC(C)SC1. The summed E-state index contributed by atoms with van der Waals surface area (Å²) in [6.07, 6.45) is 3.00. The van der Waals surface area contributed by atoms with Gasteiger partial charge in [-0.25, -0.2) is 0 Å². The second kappa shape index (κ2) is 5.61. The first kappa shape index (κ1) is 11.9. The Morgan fingerprint density at radius 1 is 1.64 bits per heavy atom. The summed E-state index contributed by atoms with van der Waals surface area (Å²) >= 11 is 1.93. The Hall–Kier alpha value is -0.220. The molecule has 1 aliphatic heterocycles. The van der Waals surface area contributed by atoms with Crippen LogP contribution >= 0.6 is 11.8 Å². The van der Waals surface area contributed by atoms with Crippen molar-refractivity contribution in [3.8, 4) is 0 Å². The second-order valence-corrected chi connectivity index (χ2v) is 5.41. The van der Waals surface area contributed by atoms with Crippen molar-refractivity contribution in [2.24, 2.45) is 5.73 Å². The molecule has 3 N–H and O–H groups in total. The molecule has 14 heavy (non-hydrogen) atoms. The normalized spacial score (nSPS) is 29.6. The molecular formula is C10H20N2OS. The first-order valence-corrected chi connectivity index (χ1v) is 6.36. The molecule has 1 saturated heterocycles. The van der Waals surface area contributed by atoms with Gasteiger partial charge in [0.05, 0.1) is 6.04 Å². The number of nitrogens with two attached hydrogens (primary N) is 1. The Morgan fingerprint density at radius 3 is 2.86 bits per heavy atom. The third-order valence-electron chi connectivity index (χ3n) is 2.63. The molecule has 1 fully saturated rings. The van der Waals surface area contributed by atoms with Crippen LogP contribution in [0.1, 0.15) is 33.1 Å². The molecule has 0 saturated carbocycles. The van der Waals surface area contributed by atoms with Crippen molar-refractivity contribution in [1.82, 2.24) is 5.32 Å². The molecule has 0 aromatic rings. The van der Waals surface area contributed by atoms with Gasteiger partial charge in [-0.15, -0.1) is 0 Å². The van der Waals surface area contributed by atoms with Gasteiger partial charge in [0.15, 0.2) is 0 Å². The van der Waals surface area contributed by atoms with Gasteiger partial charge in [-0.3, -0.25) is 4.79 Å². The van der Waals surface area contributed by atoms with Crippen molar-refractivity contribution in [1.29, 1.82) is 0 Å². The van der Waals surface area contributed by atoms with Gasteiger partial charge in [0.1, 0.15) is 0 Å². The fourth-order valence-electron chi connectivity index (χ4n) is 1.49. The van der Waals surface area contributed by atoms with Crippen molar-refractivity contribution in [2.75, 3.05) is 5.75 Å². The lowest BCUT2D eigenvalue weighted by atomic mass is 10.1. The molecule has 0 aliphatic carbocycles. The number of rotatable bonds is 3.